The Kier molecular flexibility index (Phi) is 4.80. The number of hydrogen-bond donors (Lipinski definition) is 1. The zero-order valence-corrected chi connectivity index (χ0v) is 10.6. The molecule has 2 unspecified atom stereocenters. The van der Waals surface area contributed by atoms with E-state index in [2.05, 4.69) is 0 Å². The van der Waals surface area contributed by atoms with E-state index in [-0.39, 0.29) is 11.9 Å². The summed E-state index contributed by atoms with van der Waals surface area (Å²) in [5.74, 6) is 0.270. The molecule has 98 valence electrons. The quantitative estimate of drug-likeness (QED) is 0.805. The zero-order valence-electron chi connectivity index (χ0n) is 10.6. The molecule has 0 spiro atoms. The second-order valence-electron chi connectivity index (χ2n) is 5.15. The van der Waals surface area contributed by atoms with Gasteiger partial charge in [-0.25, -0.2) is 0 Å². The topological polar surface area (TPSA) is 55.6 Å². The minimum Gasteiger partial charge on any atom is -0.378 e. The molecule has 2 atom stereocenters. The van der Waals surface area contributed by atoms with Crippen molar-refractivity contribution in [3.63, 3.8) is 0 Å². The van der Waals surface area contributed by atoms with E-state index in [1.54, 1.807) is 0 Å². The van der Waals surface area contributed by atoms with Gasteiger partial charge in [0, 0.05) is 32.2 Å². The van der Waals surface area contributed by atoms with Crippen LogP contribution in [0.25, 0.3) is 0 Å². The van der Waals surface area contributed by atoms with Crippen molar-refractivity contribution < 1.29 is 9.53 Å². The Hall–Kier alpha value is -0.610. The number of rotatable bonds is 4. The van der Waals surface area contributed by atoms with Crippen molar-refractivity contribution in [3.8, 4) is 0 Å². The number of hydrogen-bond acceptors (Lipinski definition) is 3. The molecule has 2 saturated heterocycles. The van der Waals surface area contributed by atoms with Crippen molar-refractivity contribution in [2.45, 2.75) is 57.1 Å². The van der Waals surface area contributed by atoms with Gasteiger partial charge in [0.05, 0.1) is 6.10 Å². The third-order valence-electron chi connectivity index (χ3n) is 3.92. The summed E-state index contributed by atoms with van der Waals surface area (Å²) in [7, 11) is 0. The highest BCUT2D eigenvalue weighted by Gasteiger charge is 2.27. The minimum absolute atomic E-state index is 0.270. The largest absolute Gasteiger partial charge is 0.378 e. The van der Waals surface area contributed by atoms with Crippen LogP contribution in [-0.2, 0) is 9.53 Å². The van der Waals surface area contributed by atoms with Crippen LogP contribution in [0.5, 0.6) is 0 Å². The Labute approximate surface area is 103 Å². The van der Waals surface area contributed by atoms with Crippen molar-refractivity contribution in [1.82, 2.24) is 4.90 Å². The number of carbonyl (C=O) groups is 1. The lowest BCUT2D eigenvalue weighted by Gasteiger charge is -2.26. The number of carbonyl (C=O) groups excluding carboxylic acids is 1. The van der Waals surface area contributed by atoms with Gasteiger partial charge >= 0.3 is 0 Å². The van der Waals surface area contributed by atoms with Gasteiger partial charge in [0.15, 0.2) is 0 Å². The van der Waals surface area contributed by atoms with Gasteiger partial charge in [-0.05, 0) is 38.5 Å². The van der Waals surface area contributed by atoms with Gasteiger partial charge in [0.25, 0.3) is 0 Å². The summed E-state index contributed by atoms with van der Waals surface area (Å²) in [6, 6.07) is 0.287. The van der Waals surface area contributed by atoms with E-state index in [0.717, 1.165) is 38.8 Å². The molecule has 4 heteroatoms. The maximum Gasteiger partial charge on any atom is 0.222 e. The number of amides is 1. The Morgan fingerprint density at radius 3 is 2.88 bits per heavy atom. The molecule has 0 aliphatic carbocycles. The summed E-state index contributed by atoms with van der Waals surface area (Å²) in [5, 5.41) is 0. The van der Waals surface area contributed by atoms with Crippen LogP contribution in [0.4, 0.5) is 0 Å². The van der Waals surface area contributed by atoms with E-state index in [1.807, 2.05) is 4.90 Å². The first kappa shape index (κ1) is 12.8. The maximum absolute atomic E-state index is 12.1. The molecule has 0 saturated carbocycles. The lowest BCUT2D eigenvalue weighted by Crippen LogP contribution is -2.40. The van der Waals surface area contributed by atoms with Crippen molar-refractivity contribution in [2.24, 2.45) is 5.73 Å². The smallest absolute Gasteiger partial charge is 0.222 e. The zero-order chi connectivity index (χ0) is 12.1. The van der Waals surface area contributed by atoms with E-state index >= 15 is 0 Å². The number of likely N-dealkylation sites (tertiary alicyclic amines) is 1. The number of nitrogens with zero attached hydrogens (tertiary/aromatic N) is 1. The lowest BCUT2D eigenvalue weighted by atomic mass is 10.0. The predicted molar refractivity (Wildman–Crippen MR) is 66.6 cm³/mol. The molecule has 0 aromatic heterocycles. The molecule has 2 aliphatic heterocycles. The maximum atomic E-state index is 12.1. The average molecular weight is 240 g/mol. The molecule has 17 heavy (non-hydrogen) atoms. The normalized spacial score (nSPS) is 29.6. The van der Waals surface area contributed by atoms with Crippen molar-refractivity contribution >= 4 is 5.91 Å². The van der Waals surface area contributed by atoms with Crippen molar-refractivity contribution in [1.29, 1.82) is 0 Å². The molecule has 2 fully saturated rings. The molecule has 0 radical (unpaired) electrons. The molecule has 0 aromatic carbocycles. The first-order chi connectivity index (χ1) is 8.31. The average Bonchev–Trinajstić information content (AvgIpc) is 2.85. The summed E-state index contributed by atoms with van der Waals surface area (Å²) in [6.45, 7) is 2.37. The molecule has 2 rings (SSSR count). The first-order valence-electron chi connectivity index (χ1n) is 6.92. The van der Waals surface area contributed by atoms with Gasteiger partial charge < -0.3 is 15.4 Å². The Balaban J connectivity index is 1.72. The highest BCUT2D eigenvalue weighted by molar-refractivity contribution is 5.76. The van der Waals surface area contributed by atoms with Crippen LogP contribution in [0.3, 0.4) is 0 Å². The summed E-state index contributed by atoms with van der Waals surface area (Å²) in [5.41, 5.74) is 5.68. The third-order valence-corrected chi connectivity index (χ3v) is 3.92. The standard InChI is InChI=1S/C13H24N2O2/c14-10-11-4-3-8-15(11)13(16)7-6-12-5-1-2-9-17-12/h11-12H,1-10,14H2. The number of nitrogens with two attached hydrogens (primary N) is 1. The van der Waals surface area contributed by atoms with E-state index in [1.165, 1.54) is 12.8 Å². The van der Waals surface area contributed by atoms with Gasteiger partial charge in [-0.2, -0.15) is 0 Å². The fourth-order valence-electron chi connectivity index (χ4n) is 2.87. The summed E-state index contributed by atoms with van der Waals surface area (Å²) in [6.07, 6.45) is 7.53. The Morgan fingerprint density at radius 1 is 1.29 bits per heavy atom. The molecule has 1 amide bonds. The highest BCUT2D eigenvalue weighted by atomic mass is 16.5. The first-order valence-corrected chi connectivity index (χ1v) is 6.92. The van der Waals surface area contributed by atoms with Gasteiger partial charge in [0.2, 0.25) is 5.91 Å². The van der Waals surface area contributed by atoms with Gasteiger partial charge in [-0.3, -0.25) is 4.79 Å². The Bertz CT molecular complexity index is 252. The van der Waals surface area contributed by atoms with E-state index < -0.39 is 0 Å². The molecule has 2 heterocycles. The van der Waals surface area contributed by atoms with Crippen LogP contribution in [0.2, 0.25) is 0 Å². The molecule has 4 nitrogen and oxygen atoms in total. The van der Waals surface area contributed by atoms with E-state index in [0.29, 0.717) is 19.1 Å². The summed E-state index contributed by atoms with van der Waals surface area (Å²) >= 11 is 0. The second kappa shape index (κ2) is 6.36. The highest BCUT2D eigenvalue weighted by Crippen LogP contribution is 2.21. The van der Waals surface area contributed by atoms with Crippen molar-refractivity contribution in [2.75, 3.05) is 19.7 Å². The second-order valence-corrected chi connectivity index (χ2v) is 5.15. The molecule has 2 aliphatic rings. The number of ether oxygens (including phenoxy) is 1. The van der Waals surface area contributed by atoms with Gasteiger partial charge in [-0.1, -0.05) is 0 Å². The monoisotopic (exact) mass is 240 g/mol. The molecule has 0 aromatic rings. The van der Waals surface area contributed by atoms with Crippen LogP contribution in [-0.4, -0.2) is 42.6 Å². The van der Waals surface area contributed by atoms with Crippen LogP contribution in [0, 0.1) is 0 Å². The molecule has 2 N–H and O–H groups in total. The third kappa shape index (κ3) is 3.42. The van der Waals surface area contributed by atoms with Gasteiger partial charge in [0.1, 0.15) is 0 Å². The summed E-state index contributed by atoms with van der Waals surface area (Å²) < 4.78 is 5.65. The predicted octanol–water partition coefficient (Wildman–Crippen LogP) is 1.29. The van der Waals surface area contributed by atoms with Crippen LogP contribution in [0.1, 0.15) is 44.9 Å². The van der Waals surface area contributed by atoms with Crippen molar-refractivity contribution in [3.05, 3.63) is 0 Å². The minimum atomic E-state index is 0.270. The lowest BCUT2D eigenvalue weighted by molar-refractivity contribution is -0.132. The summed E-state index contributed by atoms with van der Waals surface area (Å²) in [4.78, 5) is 14.0. The SMILES string of the molecule is NCC1CCCN1C(=O)CCC1CCCCO1. The van der Waals surface area contributed by atoms with Crippen LogP contribution < -0.4 is 5.73 Å². The van der Waals surface area contributed by atoms with E-state index in [9.17, 15) is 4.79 Å². The fraction of sp³-hybridized carbons (Fsp3) is 0.923. The molecule has 0 bridgehead atoms. The van der Waals surface area contributed by atoms with Crippen LogP contribution >= 0.6 is 0 Å². The molecular formula is C13H24N2O2. The fourth-order valence-corrected chi connectivity index (χ4v) is 2.87. The van der Waals surface area contributed by atoms with Gasteiger partial charge in [-0.15, -0.1) is 0 Å². The Morgan fingerprint density at radius 2 is 2.18 bits per heavy atom. The van der Waals surface area contributed by atoms with Crippen LogP contribution in [0.15, 0.2) is 0 Å². The van der Waals surface area contributed by atoms with E-state index in [4.69, 9.17) is 10.5 Å². The molecular weight excluding hydrogens is 216 g/mol.